The highest BCUT2D eigenvalue weighted by molar-refractivity contribution is 14.0. The van der Waals surface area contributed by atoms with Crippen LogP contribution in [-0.4, -0.2) is 44.2 Å². The lowest BCUT2D eigenvalue weighted by atomic mass is 10.1. The van der Waals surface area contributed by atoms with Crippen LogP contribution in [0.2, 0.25) is 0 Å². The summed E-state index contributed by atoms with van der Waals surface area (Å²) in [5.74, 6) is 0.817. The summed E-state index contributed by atoms with van der Waals surface area (Å²) in [6.07, 6.45) is 0. The Bertz CT molecular complexity index is 760. The zero-order chi connectivity index (χ0) is 18.9. The monoisotopic (exact) mass is 494 g/mol. The summed E-state index contributed by atoms with van der Waals surface area (Å²) < 4.78 is 5.45. The average molecular weight is 494 g/mol. The van der Waals surface area contributed by atoms with Gasteiger partial charge in [-0.05, 0) is 23.6 Å². The number of aliphatic imine (C=N–C) groups is 1. The number of nitrogens with zero attached hydrogens (tertiary/aromatic N) is 2. The molecule has 2 N–H and O–H groups in total. The van der Waals surface area contributed by atoms with Gasteiger partial charge in [0.2, 0.25) is 0 Å². The van der Waals surface area contributed by atoms with Crippen molar-refractivity contribution in [2.75, 3.05) is 33.4 Å². The van der Waals surface area contributed by atoms with Crippen molar-refractivity contribution in [2.45, 2.75) is 26.6 Å². The van der Waals surface area contributed by atoms with Crippen molar-refractivity contribution >= 4 is 29.9 Å². The Hall–Kier alpha value is -1.64. The van der Waals surface area contributed by atoms with Crippen LogP contribution < -0.4 is 10.6 Å². The third kappa shape index (κ3) is 7.07. The van der Waals surface area contributed by atoms with Crippen molar-refractivity contribution in [1.29, 1.82) is 0 Å². The number of aryl methyl sites for hydroxylation is 1. The fraction of sp³-hybridized carbons (Fsp3) is 0.409. The van der Waals surface area contributed by atoms with E-state index in [1.54, 1.807) is 0 Å². The van der Waals surface area contributed by atoms with Crippen LogP contribution in [-0.2, 0) is 24.4 Å². The maximum Gasteiger partial charge on any atom is 0.191 e. The van der Waals surface area contributed by atoms with E-state index in [-0.39, 0.29) is 24.0 Å². The highest BCUT2D eigenvalue weighted by Crippen LogP contribution is 2.13. The number of benzene rings is 2. The number of ether oxygens (including phenoxy) is 1. The van der Waals surface area contributed by atoms with Crippen molar-refractivity contribution in [3.8, 4) is 0 Å². The fourth-order valence-corrected chi connectivity index (χ4v) is 3.29. The lowest BCUT2D eigenvalue weighted by molar-refractivity contribution is 0.0341. The molecule has 0 amide bonds. The third-order valence-electron chi connectivity index (χ3n) is 4.83. The molecule has 1 fully saturated rings. The second-order valence-corrected chi connectivity index (χ2v) is 6.93. The maximum absolute atomic E-state index is 5.45. The van der Waals surface area contributed by atoms with E-state index < -0.39 is 0 Å². The quantitative estimate of drug-likeness (QED) is 0.368. The van der Waals surface area contributed by atoms with Gasteiger partial charge in [-0.2, -0.15) is 0 Å². The van der Waals surface area contributed by atoms with Gasteiger partial charge in [-0.15, -0.1) is 24.0 Å². The van der Waals surface area contributed by atoms with Crippen LogP contribution in [0.1, 0.15) is 22.3 Å². The van der Waals surface area contributed by atoms with E-state index in [1.165, 1.54) is 22.3 Å². The largest absolute Gasteiger partial charge is 0.379 e. The summed E-state index contributed by atoms with van der Waals surface area (Å²) in [5, 5.41) is 6.84. The number of nitrogens with one attached hydrogen (secondary N) is 2. The number of morpholine rings is 1. The second-order valence-electron chi connectivity index (χ2n) is 6.93. The molecule has 2 aromatic carbocycles. The minimum absolute atomic E-state index is 0. The van der Waals surface area contributed by atoms with Crippen molar-refractivity contribution in [3.05, 3.63) is 70.8 Å². The minimum atomic E-state index is 0. The maximum atomic E-state index is 5.45. The van der Waals surface area contributed by atoms with Gasteiger partial charge in [-0.3, -0.25) is 9.89 Å². The molecule has 0 saturated carbocycles. The summed E-state index contributed by atoms with van der Waals surface area (Å²) >= 11 is 0. The van der Waals surface area contributed by atoms with E-state index in [0.29, 0.717) is 0 Å². The molecule has 1 saturated heterocycles. The van der Waals surface area contributed by atoms with Gasteiger partial charge in [0.1, 0.15) is 0 Å². The third-order valence-corrected chi connectivity index (χ3v) is 4.83. The normalized spacial score (nSPS) is 15.0. The van der Waals surface area contributed by atoms with Crippen LogP contribution in [0.3, 0.4) is 0 Å². The highest BCUT2D eigenvalue weighted by atomic mass is 127. The molecule has 0 unspecified atom stereocenters. The van der Waals surface area contributed by atoms with Crippen LogP contribution in [0, 0.1) is 6.92 Å². The van der Waals surface area contributed by atoms with Gasteiger partial charge >= 0.3 is 0 Å². The van der Waals surface area contributed by atoms with Crippen LogP contribution in [0.4, 0.5) is 0 Å². The van der Waals surface area contributed by atoms with Gasteiger partial charge < -0.3 is 15.4 Å². The molecular formula is C22H31IN4O. The summed E-state index contributed by atoms with van der Waals surface area (Å²) in [4.78, 5) is 6.80. The number of hydrogen-bond donors (Lipinski definition) is 2. The predicted molar refractivity (Wildman–Crippen MR) is 126 cm³/mol. The number of guanidine groups is 1. The van der Waals surface area contributed by atoms with Crippen LogP contribution in [0.15, 0.2) is 53.5 Å². The van der Waals surface area contributed by atoms with E-state index in [9.17, 15) is 0 Å². The fourth-order valence-electron chi connectivity index (χ4n) is 3.29. The molecule has 28 heavy (non-hydrogen) atoms. The molecule has 0 aliphatic carbocycles. The molecule has 0 aromatic heterocycles. The zero-order valence-electron chi connectivity index (χ0n) is 16.8. The summed E-state index contributed by atoms with van der Waals surface area (Å²) in [5.41, 5.74) is 5.20. The van der Waals surface area contributed by atoms with Crippen molar-refractivity contribution < 1.29 is 4.74 Å². The van der Waals surface area contributed by atoms with Crippen molar-refractivity contribution in [2.24, 2.45) is 4.99 Å². The standard InChI is InChI=1S/C22H30N4O.HI/c1-18-6-5-7-19(14-18)15-24-22(23-2)25-16-20-8-3-4-9-21(20)17-26-10-12-27-13-11-26;/h3-9,14H,10-13,15-17H2,1-2H3,(H2,23,24,25);1H. The summed E-state index contributed by atoms with van der Waals surface area (Å²) in [7, 11) is 1.81. The number of halogens is 1. The topological polar surface area (TPSA) is 48.9 Å². The van der Waals surface area contributed by atoms with Gasteiger partial charge in [-0.1, -0.05) is 54.1 Å². The summed E-state index contributed by atoms with van der Waals surface area (Å²) in [6, 6.07) is 17.1. The molecule has 0 bridgehead atoms. The van der Waals surface area contributed by atoms with E-state index >= 15 is 0 Å². The Kier molecular flexibility index (Phi) is 9.73. The predicted octanol–water partition coefficient (Wildman–Crippen LogP) is 3.31. The molecule has 1 heterocycles. The Labute approximate surface area is 185 Å². The smallest absolute Gasteiger partial charge is 0.191 e. The van der Waals surface area contributed by atoms with Crippen molar-refractivity contribution in [3.63, 3.8) is 0 Å². The van der Waals surface area contributed by atoms with E-state index in [4.69, 9.17) is 4.74 Å². The van der Waals surface area contributed by atoms with E-state index in [2.05, 4.69) is 76.0 Å². The summed E-state index contributed by atoms with van der Waals surface area (Å²) in [6.45, 7) is 8.26. The molecule has 3 rings (SSSR count). The molecule has 1 aliphatic rings. The SMILES string of the molecule is CN=C(NCc1cccc(C)c1)NCc1ccccc1CN1CCOCC1.I. The minimum Gasteiger partial charge on any atom is -0.379 e. The number of rotatable bonds is 6. The van der Waals surface area contributed by atoms with Gasteiger partial charge in [0.25, 0.3) is 0 Å². The molecule has 0 radical (unpaired) electrons. The first kappa shape index (κ1) is 22.6. The van der Waals surface area contributed by atoms with Crippen LogP contribution in [0.25, 0.3) is 0 Å². The molecule has 0 atom stereocenters. The molecule has 0 spiro atoms. The van der Waals surface area contributed by atoms with Gasteiger partial charge in [-0.25, -0.2) is 0 Å². The molecule has 6 heteroatoms. The molecule has 152 valence electrons. The Balaban J connectivity index is 0.00000280. The first-order valence-electron chi connectivity index (χ1n) is 9.61. The van der Waals surface area contributed by atoms with Crippen molar-refractivity contribution in [1.82, 2.24) is 15.5 Å². The van der Waals surface area contributed by atoms with Crippen LogP contribution >= 0.6 is 24.0 Å². The van der Waals surface area contributed by atoms with E-state index in [0.717, 1.165) is 51.9 Å². The number of hydrogen-bond acceptors (Lipinski definition) is 3. The Morgan fingerprint density at radius 1 is 1.00 bits per heavy atom. The average Bonchev–Trinajstić information content (AvgIpc) is 2.70. The Morgan fingerprint density at radius 2 is 1.71 bits per heavy atom. The lowest BCUT2D eigenvalue weighted by Gasteiger charge is -2.27. The molecular weight excluding hydrogens is 463 g/mol. The Morgan fingerprint density at radius 3 is 2.43 bits per heavy atom. The lowest BCUT2D eigenvalue weighted by Crippen LogP contribution is -2.37. The highest BCUT2D eigenvalue weighted by Gasteiger charge is 2.12. The van der Waals surface area contributed by atoms with Gasteiger partial charge in [0, 0.05) is 39.8 Å². The molecule has 5 nitrogen and oxygen atoms in total. The molecule has 1 aliphatic heterocycles. The first-order valence-corrected chi connectivity index (χ1v) is 9.61. The zero-order valence-corrected chi connectivity index (χ0v) is 19.1. The first-order chi connectivity index (χ1) is 13.2. The second kappa shape index (κ2) is 12.0. The van der Waals surface area contributed by atoms with Gasteiger partial charge in [0.15, 0.2) is 5.96 Å². The van der Waals surface area contributed by atoms with Gasteiger partial charge in [0.05, 0.1) is 13.2 Å². The van der Waals surface area contributed by atoms with Crippen LogP contribution in [0.5, 0.6) is 0 Å². The molecule has 2 aromatic rings. The van der Waals surface area contributed by atoms with E-state index in [1.807, 2.05) is 7.05 Å².